The number of phenols is 2. The molecule has 27 heavy (non-hydrogen) atoms. The van der Waals surface area contributed by atoms with Gasteiger partial charge in [-0.1, -0.05) is 38.8 Å². The van der Waals surface area contributed by atoms with Gasteiger partial charge in [0.05, 0.1) is 12.2 Å². The molecule has 0 heterocycles. The molecule has 0 saturated carbocycles. The molecule has 0 unspecified atom stereocenters. The fourth-order valence-electron chi connectivity index (χ4n) is 2.96. The lowest BCUT2D eigenvalue weighted by atomic mass is 9.97. The normalized spacial score (nSPS) is 10.9. The van der Waals surface area contributed by atoms with E-state index in [0.717, 1.165) is 43.2 Å². The number of hydrogen-bond acceptors (Lipinski definition) is 4. The molecule has 0 amide bonds. The standard InChI is InChI=1S/C22H28O5/c1-15(2)19-13-10-16(20(23)21(19)24)7-5-3-4-6-14-27-18-11-8-17(9-12-18)22(25)26/h8-13,15,23-24H,3-7,14H2,1-2H3,(H,25,26). The summed E-state index contributed by atoms with van der Waals surface area (Å²) in [4.78, 5) is 10.8. The molecule has 2 rings (SSSR count). The van der Waals surface area contributed by atoms with Crippen LogP contribution in [0.15, 0.2) is 36.4 Å². The zero-order chi connectivity index (χ0) is 19.8. The van der Waals surface area contributed by atoms with Gasteiger partial charge >= 0.3 is 5.97 Å². The van der Waals surface area contributed by atoms with Crippen molar-refractivity contribution in [2.45, 2.75) is 51.9 Å². The number of unbranched alkanes of at least 4 members (excludes halogenated alkanes) is 3. The van der Waals surface area contributed by atoms with Crippen LogP contribution in [0.1, 0.15) is 66.9 Å². The highest BCUT2D eigenvalue weighted by molar-refractivity contribution is 5.87. The van der Waals surface area contributed by atoms with Gasteiger partial charge in [-0.05, 0) is 55.0 Å². The number of aromatic carboxylic acids is 1. The van der Waals surface area contributed by atoms with Gasteiger partial charge in [0.2, 0.25) is 0 Å². The van der Waals surface area contributed by atoms with Crippen molar-refractivity contribution >= 4 is 5.97 Å². The van der Waals surface area contributed by atoms with Gasteiger partial charge in [-0.15, -0.1) is 0 Å². The zero-order valence-electron chi connectivity index (χ0n) is 15.9. The Morgan fingerprint density at radius 3 is 2.22 bits per heavy atom. The van der Waals surface area contributed by atoms with E-state index in [9.17, 15) is 15.0 Å². The fraction of sp³-hybridized carbons (Fsp3) is 0.409. The van der Waals surface area contributed by atoms with Crippen molar-refractivity contribution in [1.29, 1.82) is 0 Å². The van der Waals surface area contributed by atoms with Crippen LogP contribution in [-0.2, 0) is 6.42 Å². The van der Waals surface area contributed by atoms with Crippen LogP contribution < -0.4 is 4.74 Å². The third kappa shape index (κ3) is 5.91. The van der Waals surface area contributed by atoms with Crippen molar-refractivity contribution in [3.63, 3.8) is 0 Å². The van der Waals surface area contributed by atoms with Gasteiger partial charge in [0.1, 0.15) is 5.75 Å². The number of rotatable bonds is 10. The van der Waals surface area contributed by atoms with Crippen molar-refractivity contribution < 1.29 is 24.9 Å². The maximum Gasteiger partial charge on any atom is 0.335 e. The Kier molecular flexibility index (Phi) is 7.53. The highest BCUT2D eigenvalue weighted by Crippen LogP contribution is 2.37. The van der Waals surface area contributed by atoms with E-state index in [2.05, 4.69) is 0 Å². The monoisotopic (exact) mass is 372 g/mol. The minimum absolute atomic E-state index is 0.00446. The number of ether oxygens (including phenoxy) is 1. The van der Waals surface area contributed by atoms with Crippen molar-refractivity contribution in [3.8, 4) is 17.2 Å². The van der Waals surface area contributed by atoms with Crippen LogP contribution in [0.2, 0.25) is 0 Å². The van der Waals surface area contributed by atoms with E-state index >= 15 is 0 Å². The Morgan fingerprint density at radius 1 is 0.926 bits per heavy atom. The summed E-state index contributed by atoms with van der Waals surface area (Å²) in [7, 11) is 0. The molecule has 0 aliphatic heterocycles. The van der Waals surface area contributed by atoms with E-state index in [1.807, 2.05) is 26.0 Å². The number of hydrogen-bond donors (Lipinski definition) is 3. The maximum absolute atomic E-state index is 10.8. The molecule has 0 radical (unpaired) electrons. The van der Waals surface area contributed by atoms with Gasteiger partial charge in [-0.2, -0.15) is 0 Å². The quantitative estimate of drug-likeness (QED) is 0.399. The largest absolute Gasteiger partial charge is 0.504 e. The van der Waals surface area contributed by atoms with E-state index < -0.39 is 5.97 Å². The predicted molar refractivity (Wildman–Crippen MR) is 105 cm³/mol. The minimum atomic E-state index is -0.945. The molecular formula is C22H28O5. The van der Waals surface area contributed by atoms with Crippen LogP contribution in [0.5, 0.6) is 17.2 Å². The number of carboxylic acid groups (broad SMARTS) is 1. The average molecular weight is 372 g/mol. The summed E-state index contributed by atoms with van der Waals surface area (Å²) in [6.45, 7) is 4.55. The maximum atomic E-state index is 10.8. The summed E-state index contributed by atoms with van der Waals surface area (Å²) in [6.07, 6.45) is 4.58. The molecule has 5 nitrogen and oxygen atoms in total. The molecule has 2 aromatic carbocycles. The second-order valence-corrected chi connectivity index (χ2v) is 7.01. The first-order valence-electron chi connectivity index (χ1n) is 9.40. The molecule has 0 aliphatic rings. The fourth-order valence-corrected chi connectivity index (χ4v) is 2.96. The van der Waals surface area contributed by atoms with Crippen LogP contribution in [0.3, 0.4) is 0 Å². The first-order chi connectivity index (χ1) is 12.9. The Bertz CT molecular complexity index is 750. The topological polar surface area (TPSA) is 87.0 Å². The lowest BCUT2D eigenvalue weighted by Crippen LogP contribution is -1.99. The average Bonchev–Trinajstić information content (AvgIpc) is 2.64. The third-order valence-electron chi connectivity index (χ3n) is 4.60. The van der Waals surface area contributed by atoms with Crippen LogP contribution in [-0.4, -0.2) is 27.9 Å². The SMILES string of the molecule is CC(C)c1ccc(CCCCCCOc2ccc(C(=O)O)cc2)c(O)c1O. The number of aryl methyl sites for hydroxylation is 1. The highest BCUT2D eigenvalue weighted by Gasteiger charge is 2.13. The number of phenolic OH excluding ortho intramolecular Hbond substituents is 2. The van der Waals surface area contributed by atoms with Gasteiger partial charge in [0, 0.05) is 5.56 Å². The smallest absolute Gasteiger partial charge is 0.335 e. The molecule has 5 heteroatoms. The first-order valence-corrected chi connectivity index (χ1v) is 9.40. The molecule has 0 aliphatic carbocycles. The van der Waals surface area contributed by atoms with Crippen LogP contribution in [0.25, 0.3) is 0 Å². The van der Waals surface area contributed by atoms with Gasteiger partial charge < -0.3 is 20.1 Å². The molecular weight excluding hydrogens is 344 g/mol. The zero-order valence-corrected chi connectivity index (χ0v) is 15.9. The Labute approximate surface area is 160 Å². The van der Waals surface area contributed by atoms with Gasteiger partial charge in [-0.25, -0.2) is 4.79 Å². The Balaban J connectivity index is 1.66. The lowest BCUT2D eigenvalue weighted by molar-refractivity contribution is 0.0697. The van der Waals surface area contributed by atoms with Gasteiger partial charge in [0.25, 0.3) is 0 Å². The van der Waals surface area contributed by atoms with Crippen LogP contribution in [0, 0.1) is 0 Å². The predicted octanol–water partition coefficient (Wildman–Crippen LogP) is 5.10. The number of aromatic hydroxyl groups is 2. The minimum Gasteiger partial charge on any atom is -0.504 e. The Morgan fingerprint density at radius 2 is 1.59 bits per heavy atom. The van der Waals surface area contributed by atoms with Crippen LogP contribution in [0.4, 0.5) is 0 Å². The third-order valence-corrected chi connectivity index (χ3v) is 4.60. The van der Waals surface area contributed by atoms with E-state index in [-0.39, 0.29) is 23.0 Å². The van der Waals surface area contributed by atoms with E-state index in [0.29, 0.717) is 12.4 Å². The summed E-state index contributed by atoms with van der Waals surface area (Å²) in [5.74, 6) is -0.0881. The molecule has 0 saturated heterocycles. The van der Waals surface area contributed by atoms with E-state index in [1.165, 1.54) is 12.1 Å². The van der Waals surface area contributed by atoms with Crippen molar-refractivity contribution in [1.82, 2.24) is 0 Å². The highest BCUT2D eigenvalue weighted by atomic mass is 16.5. The summed E-state index contributed by atoms with van der Waals surface area (Å²) in [5, 5.41) is 29.1. The summed E-state index contributed by atoms with van der Waals surface area (Å²) in [5.41, 5.74) is 1.80. The van der Waals surface area contributed by atoms with Crippen molar-refractivity contribution in [2.75, 3.05) is 6.61 Å². The van der Waals surface area contributed by atoms with Crippen molar-refractivity contribution in [2.24, 2.45) is 0 Å². The number of carbonyl (C=O) groups is 1. The molecule has 146 valence electrons. The van der Waals surface area contributed by atoms with E-state index in [4.69, 9.17) is 9.84 Å². The molecule has 0 bridgehead atoms. The Hall–Kier alpha value is -2.69. The first kappa shape index (κ1) is 20.6. The number of carboxylic acids is 1. The molecule has 0 atom stereocenters. The van der Waals surface area contributed by atoms with Gasteiger partial charge in [0.15, 0.2) is 11.5 Å². The van der Waals surface area contributed by atoms with Crippen LogP contribution >= 0.6 is 0 Å². The second kappa shape index (κ2) is 9.86. The molecule has 0 fully saturated rings. The summed E-state index contributed by atoms with van der Waals surface area (Å²) in [6, 6.07) is 10.2. The molecule has 0 spiro atoms. The van der Waals surface area contributed by atoms with Gasteiger partial charge in [-0.3, -0.25) is 0 Å². The number of benzene rings is 2. The van der Waals surface area contributed by atoms with Crippen molar-refractivity contribution in [3.05, 3.63) is 53.1 Å². The second-order valence-electron chi connectivity index (χ2n) is 7.01. The molecule has 3 N–H and O–H groups in total. The summed E-state index contributed by atoms with van der Waals surface area (Å²) >= 11 is 0. The molecule has 2 aromatic rings. The van der Waals surface area contributed by atoms with E-state index in [1.54, 1.807) is 12.1 Å². The lowest BCUT2D eigenvalue weighted by Gasteiger charge is -2.13. The molecule has 0 aromatic heterocycles. The summed E-state index contributed by atoms with van der Waals surface area (Å²) < 4.78 is 5.61.